The van der Waals surface area contributed by atoms with Gasteiger partial charge in [-0.25, -0.2) is 0 Å². The molecule has 0 aromatic carbocycles. The highest BCUT2D eigenvalue weighted by Crippen LogP contribution is 2.68. The number of hydrogen-bond acceptors (Lipinski definition) is 2. The van der Waals surface area contributed by atoms with Gasteiger partial charge in [-0.15, -0.1) is 0 Å². The molecule has 1 amide bonds. The molecule has 0 saturated heterocycles. The lowest BCUT2D eigenvalue weighted by Crippen LogP contribution is -2.32. The molecule has 1 unspecified atom stereocenters. The minimum absolute atomic E-state index is 0.130. The van der Waals surface area contributed by atoms with Crippen molar-refractivity contribution in [1.29, 1.82) is 0 Å². The predicted molar refractivity (Wildman–Crippen MR) is 76.1 cm³/mol. The molecular formula is C15H30N2O. The molecule has 18 heavy (non-hydrogen) atoms. The smallest absolute Gasteiger partial charge is 0.224 e. The Balaban J connectivity index is 2.42. The second-order valence-electron chi connectivity index (χ2n) is 6.85. The predicted octanol–water partition coefficient (Wildman–Crippen LogP) is 2.55. The van der Waals surface area contributed by atoms with Crippen LogP contribution in [0.1, 0.15) is 53.9 Å². The first-order valence-corrected chi connectivity index (χ1v) is 7.26. The topological polar surface area (TPSA) is 55.1 Å². The quantitative estimate of drug-likeness (QED) is 0.733. The number of amides is 1. The van der Waals surface area contributed by atoms with Crippen LogP contribution in [0.3, 0.4) is 0 Å². The fraction of sp³-hybridized carbons (Fsp3) is 0.933. The van der Waals surface area contributed by atoms with Crippen molar-refractivity contribution in [3.05, 3.63) is 0 Å². The van der Waals surface area contributed by atoms with E-state index in [1.54, 1.807) is 0 Å². The van der Waals surface area contributed by atoms with Gasteiger partial charge < -0.3 is 11.1 Å². The third kappa shape index (κ3) is 2.87. The number of hydrogen-bond donors (Lipinski definition) is 2. The Morgan fingerprint density at radius 1 is 1.22 bits per heavy atom. The average molecular weight is 254 g/mol. The Morgan fingerprint density at radius 2 is 1.78 bits per heavy atom. The van der Waals surface area contributed by atoms with Gasteiger partial charge in [0.2, 0.25) is 5.91 Å². The Hall–Kier alpha value is -0.570. The van der Waals surface area contributed by atoms with Crippen LogP contribution in [-0.2, 0) is 4.79 Å². The van der Waals surface area contributed by atoms with Gasteiger partial charge in [0.25, 0.3) is 0 Å². The monoisotopic (exact) mass is 254 g/mol. The van der Waals surface area contributed by atoms with Crippen molar-refractivity contribution in [3.63, 3.8) is 0 Å². The van der Waals surface area contributed by atoms with Crippen LogP contribution < -0.4 is 11.1 Å². The van der Waals surface area contributed by atoms with E-state index in [4.69, 9.17) is 5.73 Å². The van der Waals surface area contributed by atoms with Crippen molar-refractivity contribution in [2.45, 2.75) is 53.9 Å². The molecule has 3 heteroatoms. The van der Waals surface area contributed by atoms with Gasteiger partial charge in [-0.3, -0.25) is 4.79 Å². The summed E-state index contributed by atoms with van der Waals surface area (Å²) < 4.78 is 0. The largest absolute Gasteiger partial charge is 0.356 e. The first kappa shape index (κ1) is 15.5. The van der Waals surface area contributed by atoms with E-state index in [-0.39, 0.29) is 22.7 Å². The zero-order valence-corrected chi connectivity index (χ0v) is 12.7. The molecule has 1 aliphatic rings. The van der Waals surface area contributed by atoms with Crippen LogP contribution in [0.2, 0.25) is 0 Å². The molecule has 0 heterocycles. The van der Waals surface area contributed by atoms with Gasteiger partial charge in [0.15, 0.2) is 0 Å². The second kappa shape index (κ2) is 5.60. The van der Waals surface area contributed by atoms with Crippen LogP contribution >= 0.6 is 0 Å². The molecule has 0 radical (unpaired) electrons. The average Bonchev–Trinajstić information content (AvgIpc) is 2.66. The molecule has 1 aliphatic carbocycles. The Labute approximate surface area is 112 Å². The third-order valence-electron chi connectivity index (χ3n) is 5.12. The summed E-state index contributed by atoms with van der Waals surface area (Å²) in [6.45, 7) is 12.4. The van der Waals surface area contributed by atoms with Crippen molar-refractivity contribution in [2.24, 2.45) is 28.4 Å². The van der Waals surface area contributed by atoms with E-state index in [0.717, 1.165) is 25.8 Å². The van der Waals surface area contributed by atoms with Gasteiger partial charge in [-0.2, -0.15) is 0 Å². The van der Waals surface area contributed by atoms with E-state index in [1.165, 1.54) is 0 Å². The van der Waals surface area contributed by atoms with Gasteiger partial charge in [0, 0.05) is 12.5 Å². The third-order valence-corrected chi connectivity index (χ3v) is 5.12. The molecule has 0 bridgehead atoms. The van der Waals surface area contributed by atoms with E-state index in [0.29, 0.717) is 12.5 Å². The molecule has 0 aromatic heterocycles. The fourth-order valence-corrected chi connectivity index (χ4v) is 3.19. The Kier molecular flexibility index (Phi) is 4.82. The summed E-state index contributed by atoms with van der Waals surface area (Å²) in [6.07, 6.45) is 3.31. The second-order valence-corrected chi connectivity index (χ2v) is 6.85. The van der Waals surface area contributed by atoms with E-state index in [1.807, 2.05) is 0 Å². The van der Waals surface area contributed by atoms with Crippen molar-refractivity contribution in [3.8, 4) is 0 Å². The molecule has 1 saturated carbocycles. The highest BCUT2D eigenvalue weighted by molar-refractivity contribution is 5.84. The van der Waals surface area contributed by atoms with Gasteiger partial charge >= 0.3 is 0 Å². The maximum atomic E-state index is 12.2. The van der Waals surface area contributed by atoms with Gasteiger partial charge in [0.1, 0.15) is 0 Å². The van der Waals surface area contributed by atoms with Crippen molar-refractivity contribution >= 4 is 5.91 Å². The summed E-state index contributed by atoms with van der Waals surface area (Å²) in [4.78, 5) is 12.2. The summed E-state index contributed by atoms with van der Waals surface area (Å²) in [5.74, 6) is 0.919. The van der Waals surface area contributed by atoms with Crippen LogP contribution in [0.25, 0.3) is 0 Å². The zero-order valence-electron chi connectivity index (χ0n) is 12.7. The lowest BCUT2D eigenvalue weighted by molar-refractivity contribution is -0.123. The van der Waals surface area contributed by atoms with Crippen LogP contribution in [-0.4, -0.2) is 19.0 Å². The van der Waals surface area contributed by atoms with Gasteiger partial charge in [0.05, 0.1) is 0 Å². The summed E-state index contributed by atoms with van der Waals surface area (Å²) >= 11 is 0. The maximum Gasteiger partial charge on any atom is 0.224 e. The summed E-state index contributed by atoms with van der Waals surface area (Å²) in [5.41, 5.74) is 5.87. The maximum absolute atomic E-state index is 12.2. The molecule has 1 rings (SSSR count). The highest BCUT2D eigenvalue weighted by Gasteiger charge is 2.68. The minimum Gasteiger partial charge on any atom is -0.356 e. The van der Waals surface area contributed by atoms with Gasteiger partial charge in [-0.05, 0) is 36.1 Å². The van der Waals surface area contributed by atoms with E-state index >= 15 is 0 Å². The molecule has 0 spiro atoms. The number of rotatable bonds is 7. The van der Waals surface area contributed by atoms with Crippen LogP contribution in [0.5, 0.6) is 0 Å². The molecule has 106 valence electrons. The molecule has 1 fully saturated rings. The molecule has 3 N–H and O–H groups in total. The van der Waals surface area contributed by atoms with Gasteiger partial charge in [-0.1, -0.05) is 41.0 Å². The first-order valence-electron chi connectivity index (χ1n) is 7.26. The van der Waals surface area contributed by atoms with E-state index in [2.05, 4.69) is 39.9 Å². The summed E-state index contributed by atoms with van der Waals surface area (Å²) in [7, 11) is 0. The van der Waals surface area contributed by atoms with Crippen LogP contribution in [0.15, 0.2) is 0 Å². The lowest BCUT2D eigenvalue weighted by Gasteiger charge is -2.16. The zero-order chi connectivity index (χ0) is 14.0. The number of carbonyl (C=O) groups is 1. The fourth-order valence-electron chi connectivity index (χ4n) is 3.19. The molecule has 1 atom stereocenters. The van der Waals surface area contributed by atoms with Crippen molar-refractivity contribution < 1.29 is 4.79 Å². The van der Waals surface area contributed by atoms with Crippen molar-refractivity contribution in [1.82, 2.24) is 5.32 Å². The lowest BCUT2D eigenvalue weighted by atomic mass is 9.99. The van der Waals surface area contributed by atoms with Crippen LogP contribution in [0, 0.1) is 22.7 Å². The Morgan fingerprint density at radius 3 is 2.17 bits per heavy atom. The summed E-state index contributed by atoms with van der Waals surface area (Å²) in [6, 6.07) is 0. The number of nitrogens with two attached hydrogens (primary N) is 1. The SMILES string of the molecule is CCCC(CCN)CNC(=O)C1C(C)(C)C1(C)C. The van der Waals surface area contributed by atoms with Crippen LogP contribution in [0.4, 0.5) is 0 Å². The molecule has 0 aromatic rings. The number of carbonyl (C=O) groups excluding carboxylic acids is 1. The molecule has 0 aliphatic heterocycles. The highest BCUT2D eigenvalue weighted by atomic mass is 16.2. The molecular weight excluding hydrogens is 224 g/mol. The first-order chi connectivity index (χ1) is 8.29. The normalized spacial score (nSPS) is 22.6. The minimum atomic E-state index is 0.130. The molecule has 3 nitrogen and oxygen atoms in total. The Bertz CT molecular complexity index is 277. The van der Waals surface area contributed by atoms with Crippen molar-refractivity contribution in [2.75, 3.05) is 13.1 Å². The summed E-state index contributed by atoms with van der Waals surface area (Å²) in [5, 5.41) is 3.13. The standard InChI is InChI=1S/C15H30N2O/c1-6-7-11(8-9-16)10-17-13(18)12-14(2,3)15(12,4)5/h11-12H,6-10,16H2,1-5H3,(H,17,18). The van der Waals surface area contributed by atoms with E-state index in [9.17, 15) is 4.79 Å². The van der Waals surface area contributed by atoms with E-state index < -0.39 is 0 Å². The number of nitrogens with one attached hydrogen (secondary N) is 1.